The molecule has 1 amide bonds. The van der Waals surface area contributed by atoms with E-state index in [0.717, 1.165) is 0 Å². The Bertz CT molecular complexity index is 639. The molecule has 0 atom stereocenters. The van der Waals surface area contributed by atoms with Crippen molar-refractivity contribution in [3.8, 4) is 0 Å². The van der Waals surface area contributed by atoms with Crippen molar-refractivity contribution >= 4 is 45.6 Å². The molecular formula is C10H4Cl2F3N3OS. The zero-order valence-electron chi connectivity index (χ0n) is 9.33. The number of rotatable bonds is 2. The molecule has 0 radical (unpaired) electrons. The summed E-state index contributed by atoms with van der Waals surface area (Å²) < 4.78 is 37.0. The molecule has 0 fully saturated rings. The summed E-state index contributed by atoms with van der Waals surface area (Å²) in [5, 5.41) is 7.06. The maximum absolute atomic E-state index is 12.3. The van der Waals surface area contributed by atoms with Gasteiger partial charge < -0.3 is 0 Å². The molecule has 1 aromatic heterocycles. The number of carbonyl (C=O) groups is 1. The number of nitrogens with zero attached hydrogens (tertiary/aromatic N) is 2. The largest absolute Gasteiger partial charge is 0.445 e. The lowest BCUT2D eigenvalue weighted by molar-refractivity contribution is -0.138. The molecule has 106 valence electrons. The first-order valence-electron chi connectivity index (χ1n) is 4.95. The van der Waals surface area contributed by atoms with Crippen molar-refractivity contribution in [3.63, 3.8) is 0 Å². The summed E-state index contributed by atoms with van der Waals surface area (Å²) >= 11 is 11.8. The molecule has 0 spiro atoms. The highest BCUT2D eigenvalue weighted by Crippen LogP contribution is 2.33. The molecule has 0 aliphatic carbocycles. The molecule has 0 unspecified atom stereocenters. The van der Waals surface area contributed by atoms with E-state index in [-0.39, 0.29) is 32.1 Å². The number of carbonyl (C=O) groups excluding carboxylic acids is 1. The van der Waals surface area contributed by atoms with Crippen LogP contribution in [-0.4, -0.2) is 16.1 Å². The highest BCUT2D eigenvalue weighted by Gasteiger charge is 2.35. The summed E-state index contributed by atoms with van der Waals surface area (Å²) in [6.07, 6.45) is -4.61. The average Bonchev–Trinajstić information content (AvgIpc) is 2.76. The van der Waals surface area contributed by atoms with Crippen LogP contribution in [0.4, 0.5) is 18.3 Å². The summed E-state index contributed by atoms with van der Waals surface area (Å²) in [6, 6.07) is 4.40. The third-order valence-corrected chi connectivity index (χ3v) is 3.59. The van der Waals surface area contributed by atoms with Gasteiger partial charge in [0.25, 0.3) is 5.91 Å². The molecule has 2 aromatic rings. The minimum atomic E-state index is -4.61. The Hall–Kier alpha value is -1.38. The Balaban J connectivity index is 2.22. The van der Waals surface area contributed by atoms with E-state index in [2.05, 4.69) is 15.5 Å². The van der Waals surface area contributed by atoms with Crippen molar-refractivity contribution in [1.82, 2.24) is 10.2 Å². The molecule has 0 saturated heterocycles. The van der Waals surface area contributed by atoms with Crippen molar-refractivity contribution in [1.29, 1.82) is 0 Å². The third kappa shape index (κ3) is 3.20. The van der Waals surface area contributed by atoms with Gasteiger partial charge in [-0.2, -0.15) is 13.2 Å². The van der Waals surface area contributed by atoms with Crippen LogP contribution < -0.4 is 5.32 Å². The van der Waals surface area contributed by atoms with E-state index in [1.165, 1.54) is 18.2 Å². The molecule has 1 N–H and O–H groups in total. The molecule has 4 nitrogen and oxygen atoms in total. The van der Waals surface area contributed by atoms with Crippen molar-refractivity contribution < 1.29 is 18.0 Å². The number of hydrogen-bond donors (Lipinski definition) is 1. The first kappa shape index (κ1) is 15.0. The normalized spacial score (nSPS) is 11.4. The maximum Gasteiger partial charge on any atom is 0.445 e. The van der Waals surface area contributed by atoms with Gasteiger partial charge in [0, 0.05) is 0 Å². The summed E-state index contributed by atoms with van der Waals surface area (Å²) in [6.45, 7) is 0. The Morgan fingerprint density at radius 1 is 1.20 bits per heavy atom. The summed E-state index contributed by atoms with van der Waals surface area (Å²) in [4.78, 5) is 11.9. The standard InChI is InChI=1S/C10H4Cl2F3N3OS/c11-4-2-1-3-5(12)6(4)7(19)16-9-18-17-8(20-9)10(13,14)15/h1-3H,(H,16,18,19). The third-order valence-electron chi connectivity index (χ3n) is 2.08. The van der Waals surface area contributed by atoms with E-state index in [4.69, 9.17) is 23.2 Å². The highest BCUT2D eigenvalue weighted by molar-refractivity contribution is 7.15. The van der Waals surface area contributed by atoms with E-state index in [9.17, 15) is 18.0 Å². The second kappa shape index (κ2) is 5.55. The SMILES string of the molecule is O=C(Nc1nnc(C(F)(F)F)s1)c1c(Cl)cccc1Cl. The van der Waals surface area contributed by atoms with Crippen LogP contribution in [0, 0.1) is 0 Å². The van der Waals surface area contributed by atoms with E-state index < -0.39 is 17.1 Å². The lowest BCUT2D eigenvalue weighted by Gasteiger charge is -2.05. The van der Waals surface area contributed by atoms with Gasteiger partial charge in [0.05, 0.1) is 15.6 Å². The molecule has 0 aliphatic rings. The minimum absolute atomic E-state index is 0.0420. The number of halogens is 5. The Morgan fingerprint density at radius 2 is 1.80 bits per heavy atom. The fourth-order valence-corrected chi connectivity index (χ4v) is 2.44. The van der Waals surface area contributed by atoms with Gasteiger partial charge in [-0.1, -0.05) is 40.6 Å². The van der Waals surface area contributed by atoms with Gasteiger partial charge in [-0.3, -0.25) is 10.1 Å². The summed E-state index contributed by atoms with van der Waals surface area (Å²) in [5.41, 5.74) is -0.0420. The minimum Gasteiger partial charge on any atom is -0.296 e. The van der Waals surface area contributed by atoms with Gasteiger partial charge in [-0.25, -0.2) is 0 Å². The number of anilines is 1. The Labute approximate surface area is 124 Å². The van der Waals surface area contributed by atoms with Crippen LogP contribution in [0.5, 0.6) is 0 Å². The van der Waals surface area contributed by atoms with E-state index in [1.807, 2.05) is 0 Å². The van der Waals surface area contributed by atoms with Gasteiger partial charge in [-0.15, -0.1) is 10.2 Å². The van der Waals surface area contributed by atoms with Crippen LogP contribution in [0.3, 0.4) is 0 Å². The van der Waals surface area contributed by atoms with E-state index in [0.29, 0.717) is 0 Å². The number of nitrogens with one attached hydrogen (secondary N) is 1. The Morgan fingerprint density at radius 3 is 2.30 bits per heavy atom. The van der Waals surface area contributed by atoms with Crippen molar-refractivity contribution in [2.75, 3.05) is 5.32 Å². The molecule has 20 heavy (non-hydrogen) atoms. The predicted molar refractivity (Wildman–Crippen MR) is 69.3 cm³/mol. The topological polar surface area (TPSA) is 54.9 Å². The van der Waals surface area contributed by atoms with Gasteiger partial charge in [0.2, 0.25) is 10.1 Å². The van der Waals surface area contributed by atoms with Crippen molar-refractivity contribution in [2.45, 2.75) is 6.18 Å². The number of alkyl halides is 3. The molecule has 0 saturated carbocycles. The number of benzene rings is 1. The van der Waals surface area contributed by atoms with Gasteiger partial charge in [0.1, 0.15) is 0 Å². The summed E-state index contributed by atoms with van der Waals surface area (Å²) in [5.74, 6) is -0.759. The second-order valence-corrected chi connectivity index (χ2v) is 5.25. The smallest absolute Gasteiger partial charge is 0.296 e. The number of aromatic nitrogens is 2. The second-order valence-electron chi connectivity index (χ2n) is 3.46. The maximum atomic E-state index is 12.3. The fourth-order valence-electron chi connectivity index (χ4n) is 1.26. The fraction of sp³-hybridized carbons (Fsp3) is 0.100. The molecular weight excluding hydrogens is 338 g/mol. The first-order valence-corrected chi connectivity index (χ1v) is 6.52. The predicted octanol–water partition coefficient (Wildman–Crippen LogP) is 4.12. The summed E-state index contributed by atoms with van der Waals surface area (Å²) in [7, 11) is 0. The van der Waals surface area contributed by atoms with E-state index in [1.54, 1.807) is 0 Å². The Kier molecular flexibility index (Phi) is 4.17. The van der Waals surface area contributed by atoms with Gasteiger partial charge in [-0.05, 0) is 12.1 Å². The molecule has 1 aromatic carbocycles. The number of hydrogen-bond acceptors (Lipinski definition) is 4. The molecule has 0 aliphatic heterocycles. The molecule has 2 rings (SSSR count). The van der Waals surface area contributed by atoms with Crippen LogP contribution in [0.25, 0.3) is 0 Å². The zero-order valence-corrected chi connectivity index (χ0v) is 11.7. The van der Waals surface area contributed by atoms with Gasteiger partial charge >= 0.3 is 6.18 Å². The van der Waals surface area contributed by atoms with Crippen LogP contribution in [0.1, 0.15) is 15.4 Å². The van der Waals surface area contributed by atoms with Crippen LogP contribution >= 0.6 is 34.5 Å². The average molecular weight is 342 g/mol. The van der Waals surface area contributed by atoms with Crippen molar-refractivity contribution in [2.24, 2.45) is 0 Å². The lowest BCUT2D eigenvalue weighted by atomic mass is 10.2. The monoisotopic (exact) mass is 341 g/mol. The van der Waals surface area contributed by atoms with E-state index >= 15 is 0 Å². The highest BCUT2D eigenvalue weighted by atomic mass is 35.5. The van der Waals surface area contributed by atoms with Gasteiger partial charge in [0.15, 0.2) is 0 Å². The molecule has 1 heterocycles. The zero-order chi connectivity index (χ0) is 14.9. The molecule has 0 bridgehead atoms. The number of amides is 1. The molecule has 10 heteroatoms. The van der Waals surface area contributed by atoms with Crippen LogP contribution in [-0.2, 0) is 6.18 Å². The quantitative estimate of drug-likeness (QED) is 0.893. The first-order chi connectivity index (χ1) is 9.29. The lowest BCUT2D eigenvalue weighted by Crippen LogP contribution is -2.12. The van der Waals surface area contributed by atoms with Crippen LogP contribution in [0.2, 0.25) is 10.0 Å². The van der Waals surface area contributed by atoms with Crippen molar-refractivity contribution in [3.05, 3.63) is 38.8 Å². The van der Waals surface area contributed by atoms with Crippen LogP contribution in [0.15, 0.2) is 18.2 Å².